The number of ether oxygens (including phenoxy) is 1. The fraction of sp³-hybridized carbons (Fsp3) is 0.600. The summed E-state index contributed by atoms with van der Waals surface area (Å²) in [6, 6.07) is 7.75. The first-order chi connectivity index (χ1) is 9.53. The third-order valence-electron chi connectivity index (χ3n) is 3.21. The molecular formula is C15H25NO4. The Morgan fingerprint density at radius 1 is 1.30 bits per heavy atom. The quantitative estimate of drug-likeness (QED) is 0.525. The van der Waals surface area contributed by atoms with E-state index in [1.807, 2.05) is 24.3 Å². The molecule has 0 radical (unpaired) electrons. The molecular weight excluding hydrogens is 258 g/mol. The molecule has 0 aliphatic rings. The van der Waals surface area contributed by atoms with E-state index >= 15 is 0 Å². The highest BCUT2D eigenvalue weighted by molar-refractivity contribution is 5.28. The molecule has 0 fully saturated rings. The number of aryl methyl sites for hydroxylation is 1. The van der Waals surface area contributed by atoms with E-state index in [-0.39, 0.29) is 26.4 Å². The van der Waals surface area contributed by atoms with E-state index < -0.39 is 11.6 Å². The van der Waals surface area contributed by atoms with Crippen molar-refractivity contribution in [2.45, 2.75) is 31.9 Å². The maximum atomic E-state index is 9.84. The molecule has 114 valence electrons. The number of rotatable bonds is 9. The zero-order valence-electron chi connectivity index (χ0n) is 12.2. The average molecular weight is 283 g/mol. The van der Waals surface area contributed by atoms with Crippen LogP contribution in [0.15, 0.2) is 24.3 Å². The lowest BCUT2D eigenvalue weighted by Gasteiger charge is -2.27. The van der Waals surface area contributed by atoms with Gasteiger partial charge in [-0.05, 0) is 31.0 Å². The second-order valence-corrected chi connectivity index (χ2v) is 5.22. The number of aliphatic hydroxyl groups is 3. The molecule has 1 unspecified atom stereocenters. The summed E-state index contributed by atoms with van der Waals surface area (Å²) in [4.78, 5) is 0. The van der Waals surface area contributed by atoms with Crippen molar-refractivity contribution in [3.63, 3.8) is 0 Å². The van der Waals surface area contributed by atoms with Gasteiger partial charge >= 0.3 is 0 Å². The van der Waals surface area contributed by atoms with Crippen molar-refractivity contribution in [1.29, 1.82) is 0 Å². The van der Waals surface area contributed by atoms with E-state index in [1.54, 1.807) is 6.92 Å². The monoisotopic (exact) mass is 283 g/mol. The molecule has 4 N–H and O–H groups in total. The summed E-state index contributed by atoms with van der Waals surface area (Å²) in [7, 11) is 0. The molecule has 5 heteroatoms. The third kappa shape index (κ3) is 5.46. The van der Waals surface area contributed by atoms with Crippen molar-refractivity contribution < 1.29 is 20.1 Å². The zero-order chi connectivity index (χ0) is 15.0. The summed E-state index contributed by atoms with van der Waals surface area (Å²) in [6.07, 6.45) is 0.227. The van der Waals surface area contributed by atoms with Crippen molar-refractivity contribution in [3.05, 3.63) is 29.8 Å². The zero-order valence-corrected chi connectivity index (χ0v) is 12.2. The van der Waals surface area contributed by atoms with Gasteiger partial charge in [0.15, 0.2) is 0 Å². The van der Waals surface area contributed by atoms with Crippen LogP contribution < -0.4 is 10.1 Å². The number of β-amino-alcohol motifs (C(OH)–C–C–N with tert-alkyl or cyclic N) is 1. The highest BCUT2D eigenvalue weighted by Crippen LogP contribution is 2.13. The lowest BCUT2D eigenvalue weighted by Crippen LogP contribution is -2.52. The highest BCUT2D eigenvalue weighted by atomic mass is 16.5. The Kier molecular flexibility index (Phi) is 6.95. The summed E-state index contributed by atoms with van der Waals surface area (Å²) in [6.45, 7) is 3.76. The third-order valence-corrected chi connectivity index (χ3v) is 3.21. The minimum absolute atomic E-state index is 0.160. The molecule has 1 aromatic carbocycles. The maximum absolute atomic E-state index is 9.84. The van der Waals surface area contributed by atoms with Crippen LogP contribution >= 0.6 is 0 Å². The lowest BCUT2D eigenvalue weighted by atomic mass is 10.1. The van der Waals surface area contributed by atoms with Gasteiger partial charge in [-0.15, -0.1) is 0 Å². The summed E-state index contributed by atoms with van der Waals surface area (Å²) in [5.41, 5.74) is 0.395. The summed E-state index contributed by atoms with van der Waals surface area (Å²) >= 11 is 0. The molecule has 0 heterocycles. The van der Waals surface area contributed by atoms with Crippen LogP contribution in [-0.2, 0) is 6.42 Å². The van der Waals surface area contributed by atoms with Gasteiger partial charge in [0.2, 0.25) is 0 Å². The Balaban J connectivity index is 2.37. The standard InChI is InChI=1S/C15H25NO4/c1-3-12-5-4-6-14(7-12)20-9-13(19)8-16-15(2,10-17)11-18/h4-7,13,16-19H,3,8-11H2,1-2H3. The SMILES string of the molecule is CCc1cccc(OCC(O)CNC(C)(CO)CO)c1. The molecule has 0 amide bonds. The molecule has 0 bridgehead atoms. The van der Waals surface area contributed by atoms with Crippen LogP contribution in [0.1, 0.15) is 19.4 Å². The van der Waals surface area contributed by atoms with E-state index in [2.05, 4.69) is 12.2 Å². The van der Waals surface area contributed by atoms with Crippen molar-refractivity contribution in [2.75, 3.05) is 26.4 Å². The van der Waals surface area contributed by atoms with Crippen LogP contribution in [0.5, 0.6) is 5.75 Å². The first-order valence-electron chi connectivity index (χ1n) is 6.89. The maximum Gasteiger partial charge on any atom is 0.119 e. The van der Waals surface area contributed by atoms with Crippen LogP contribution in [0.3, 0.4) is 0 Å². The molecule has 0 aromatic heterocycles. The van der Waals surface area contributed by atoms with Gasteiger partial charge in [-0.3, -0.25) is 0 Å². The summed E-state index contributed by atoms with van der Waals surface area (Å²) in [5, 5.41) is 31.0. The van der Waals surface area contributed by atoms with E-state index in [0.717, 1.165) is 12.2 Å². The molecule has 1 atom stereocenters. The van der Waals surface area contributed by atoms with E-state index in [0.29, 0.717) is 0 Å². The number of nitrogens with one attached hydrogen (secondary N) is 1. The second kappa shape index (κ2) is 8.21. The normalized spacial score (nSPS) is 13.2. The van der Waals surface area contributed by atoms with E-state index in [9.17, 15) is 5.11 Å². The van der Waals surface area contributed by atoms with Crippen molar-refractivity contribution >= 4 is 0 Å². The number of hydrogen-bond donors (Lipinski definition) is 4. The molecule has 5 nitrogen and oxygen atoms in total. The fourth-order valence-corrected chi connectivity index (χ4v) is 1.63. The van der Waals surface area contributed by atoms with Crippen LogP contribution in [0.4, 0.5) is 0 Å². The highest BCUT2D eigenvalue weighted by Gasteiger charge is 2.22. The summed E-state index contributed by atoms with van der Waals surface area (Å²) < 4.78 is 5.53. The Labute approximate surface area is 120 Å². The van der Waals surface area contributed by atoms with Crippen LogP contribution in [0, 0.1) is 0 Å². The van der Waals surface area contributed by atoms with E-state index in [1.165, 1.54) is 5.56 Å². The smallest absolute Gasteiger partial charge is 0.119 e. The van der Waals surface area contributed by atoms with Gasteiger partial charge in [0.05, 0.1) is 18.8 Å². The molecule has 0 spiro atoms. The predicted molar refractivity (Wildman–Crippen MR) is 77.9 cm³/mol. The Bertz CT molecular complexity index is 393. The number of aliphatic hydroxyl groups excluding tert-OH is 3. The van der Waals surface area contributed by atoms with Crippen LogP contribution in [0.2, 0.25) is 0 Å². The van der Waals surface area contributed by atoms with Gasteiger partial charge in [-0.25, -0.2) is 0 Å². The van der Waals surface area contributed by atoms with Gasteiger partial charge in [0.1, 0.15) is 18.5 Å². The summed E-state index contributed by atoms with van der Waals surface area (Å²) in [5.74, 6) is 0.732. The van der Waals surface area contributed by atoms with Crippen LogP contribution in [0.25, 0.3) is 0 Å². The minimum atomic E-state index is -0.789. The average Bonchev–Trinajstić information content (AvgIpc) is 2.50. The van der Waals surface area contributed by atoms with E-state index in [4.69, 9.17) is 14.9 Å². The van der Waals surface area contributed by atoms with Gasteiger partial charge in [-0.1, -0.05) is 19.1 Å². The van der Waals surface area contributed by atoms with Gasteiger partial charge in [-0.2, -0.15) is 0 Å². The first-order valence-corrected chi connectivity index (χ1v) is 6.89. The molecule has 0 aliphatic carbocycles. The predicted octanol–water partition coefficient (Wildman–Crippen LogP) is 0.322. The minimum Gasteiger partial charge on any atom is -0.491 e. The second-order valence-electron chi connectivity index (χ2n) is 5.22. The molecule has 1 rings (SSSR count). The molecule has 20 heavy (non-hydrogen) atoms. The lowest BCUT2D eigenvalue weighted by molar-refractivity contribution is 0.0666. The fourth-order valence-electron chi connectivity index (χ4n) is 1.63. The topological polar surface area (TPSA) is 82.0 Å². The van der Waals surface area contributed by atoms with Crippen LogP contribution in [-0.4, -0.2) is 53.3 Å². The van der Waals surface area contributed by atoms with Gasteiger partial charge in [0.25, 0.3) is 0 Å². The molecule has 0 saturated heterocycles. The first kappa shape index (κ1) is 16.9. The Hall–Kier alpha value is -1.14. The number of hydrogen-bond acceptors (Lipinski definition) is 5. The number of benzene rings is 1. The van der Waals surface area contributed by atoms with Gasteiger partial charge in [0, 0.05) is 6.54 Å². The molecule has 1 aromatic rings. The van der Waals surface area contributed by atoms with Crippen molar-refractivity contribution in [2.24, 2.45) is 0 Å². The molecule has 0 saturated carbocycles. The largest absolute Gasteiger partial charge is 0.491 e. The molecule has 0 aliphatic heterocycles. The Morgan fingerprint density at radius 3 is 2.60 bits per heavy atom. The van der Waals surface area contributed by atoms with Crippen molar-refractivity contribution in [1.82, 2.24) is 5.32 Å². The Morgan fingerprint density at radius 2 is 2.00 bits per heavy atom. The van der Waals surface area contributed by atoms with Crippen molar-refractivity contribution in [3.8, 4) is 5.75 Å². The van der Waals surface area contributed by atoms with Gasteiger partial charge < -0.3 is 25.4 Å².